The third-order valence-corrected chi connectivity index (χ3v) is 4.50. The Labute approximate surface area is 101 Å². The standard InChI is InChI=1S/C11H19N3OS/c1-4-12-8(2)9-13-14-10(15-9)11(3)6-5-7-16-11/h8,12H,4-7H2,1-3H3. The van der Waals surface area contributed by atoms with Crippen molar-refractivity contribution in [2.45, 2.75) is 44.4 Å². The van der Waals surface area contributed by atoms with Crippen LogP contribution in [0.2, 0.25) is 0 Å². The van der Waals surface area contributed by atoms with Gasteiger partial charge in [0.25, 0.3) is 0 Å². The van der Waals surface area contributed by atoms with Crippen molar-refractivity contribution in [1.29, 1.82) is 0 Å². The fourth-order valence-corrected chi connectivity index (χ4v) is 3.20. The van der Waals surface area contributed by atoms with Crippen LogP contribution in [0, 0.1) is 0 Å². The third-order valence-electron chi connectivity index (χ3n) is 2.99. The highest BCUT2D eigenvalue weighted by atomic mass is 32.2. The van der Waals surface area contributed by atoms with Crippen molar-refractivity contribution in [2.75, 3.05) is 12.3 Å². The predicted molar refractivity (Wildman–Crippen MR) is 65.4 cm³/mol. The summed E-state index contributed by atoms with van der Waals surface area (Å²) in [6, 6.07) is 0.140. The molecule has 0 aliphatic carbocycles. The van der Waals surface area contributed by atoms with Crippen LogP contribution < -0.4 is 5.32 Å². The summed E-state index contributed by atoms with van der Waals surface area (Å²) < 4.78 is 5.82. The van der Waals surface area contributed by atoms with Crippen molar-refractivity contribution in [3.05, 3.63) is 11.8 Å². The third kappa shape index (κ3) is 2.25. The lowest BCUT2D eigenvalue weighted by Gasteiger charge is -2.16. The first-order valence-corrected chi connectivity index (χ1v) is 6.85. The summed E-state index contributed by atoms with van der Waals surface area (Å²) in [5, 5.41) is 11.6. The second kappa shape index (κ2) is 4.75. The smallest absolute Gasteiger partial charge is 0.233 e. The average Bonchev–Trinajstić information content (AvgIpc) is 2.86. The van der Waals surface area contributed by atoms with Crippen LogP contribution in [0.5, 0.6) is 0 Å². The van der Waals surface area contributed by atoms with E-state index in [-0.39, 0.29) is 10.8 Å². The maximum atomic E-state index is 5.78. The van der Waals surface area contributed by atoms with Gasteiger partial charge in [-0.25, -0.2) is 0 Å². The first kappa shape index (κ1) is 11.9. The lowest BCUT2D eigenvalue weighted by molar-refractivity contribution is 0.368. The van der Waals surface area contributed by atoms with Gasteiger partial charge in [-0.2, -0.15) is 0 Å². The molecule has 1 aliphatic rings. The molecule has 0 spiro atoms. The van der Waals surface area contributed by atoms with Crippen molar-refractivity contribution in [3.8, 4) is 0 Å². The fourth-order valence-electron chi connectivity index (χ4n) is 1.96. The van der Waals surface area contributed by atoms with E-state index < -0.39 is 0 Å². The second-order valence-corrected chi connectivity index (χ2v) is 6.01. The maximum Gasteiger partial charge on any atom is 0.233 e. The molecular formula is C11H19N3OS. The van der Waals surface area contributed by atoms with E-state index >= 15 is 0 Å². The fraction of sp³-hybridized carbons (Fsp3) is 0.818. The number of hydrogen-bond acceptors (Lipinski definition) is 5. The van der Waals surface area contributed by atoms with E-state index in [1.165, 1.54) is 12.2 Å². The normalized spacial score (nSPS) is 27.2. The van der Waals surface area contributed by atoms with Crippen LogP contribution in [0.3, 0.4) is 0 Å². The van der Waals surface area contributed by atoms with Gasteiger partial charge >= 0.3 is 0 Å². The van der Waals surface area contributed by atoms with E-state index in [4.69, 9.17) is 4.42 Å². The van der Waals surface area contributed by atoms with Gasteiger partial charge in [-0.05, 0) is 39.0 Å². The molecule has 0 amide bonds. The number of thioether (sulfide) groups is 1. The highest BCUT2D eigenvalue weighted by molar-refractivity contribution is 8.00. The van der Waals surface area contributed by atoms with Crippen LogP contribution in [-0.2, 0) is 4.75 Å². The number of rotatable bonds is 4. The summed E-state index contributed by atoms with van der Waals surface area (Å²) in [5.74, 6) is 2.68. The highest BCUT2D eigenvalue weighted by Crippen LogP contribution is 2.45. The molecule has 1 aliphatic heterocycles. The van der Waals surface area contributed by atoms with E-state index in [0.717, 1.165) is 18.9 Å². The van der Waals surface area contributed by atoms with Crippen LogP contribution >= 0.6 is 11.8 Å². The quantitative estimate of drug-likeness (QED) is 0.877. The van der Waals surface area contributed by atoms with E-state index in [0.29, 0.717) is 5.89 Å². The topological polar surface area (TPSA) is 51.0 Å². The second-order valence-electron chi connectivity index (χ2n) is 4.41. The molecule has 1 fully saturated rings. The zero-order valence-corrected chi connectivity index (χ0v) is 10.9. The first-order valence-electron chi connectivity index (χ1n) is 5.87. The molecule has 1 aromatic rings. The molecule has 2 atom stereocenters. The predicted octanol–water partition coefficient (Wildman–Crippen LogP) is 2.48. The summed E-state index contributed by atoms with van der Waals surface area (Å²) in [5.41, 5.74) is 0. The van der Waals surface area contributed by atoms with E-state index in [1.54, 1.807) is 0 Å². The monoisotopic (exact) mass is 241 g/mol. The zero-order valence-electron chi connectivity index (χ0n) is 10.1. The largest absolute Gasteiger partial charge is 0.422 e. The number of nitrogens with one attached hydrogen (secondary N) is 1. The van der Waals surface area contributed by atoms with Crippen molar-refractivity contribution >= 4 is 11.8 Å². The van der Waals surface area contributed by atoms with E-state index in [2.05, 4.69) is 29.4 Å². The van der Waals surface area contributed by atoms with E-state index in [9.17, 15) is 0 Å². The van der Waals surface area contributed by atoms with Crippen molar-refractivity contribution in [3.63, 3.8) is 0 Å². The Morgan fingerprint density at radius 3 is 3.00 bits per heavy atom. The van der Waals surface area contributed by atoms with Crippen molar-refractivity contribution in [2.24, 2.45) is 0 Å². The minimum atomic E-state index is 0.0389. The minimum Gasteiger partial charge on any atom is -0.422 e. The Bertz CT molecular complexity index is 347. The van der Waals surface area contributed by atoms with Crippen LogP contribution in [0.1, 0.15) is 51.4 Å². The van der Waals surface area contributed by atoms with Gasteiger partial charge in [-0.15, -0.1) is 22.0 Å². The summed E-state index contributed by atoms with van der Waals surface area (Å²) in [6.07, 6.45) is 2.37. The Morgan fingerprint density at radius 2 is 2.38 bits per heavy atom. The molecular weight excluding hydrogens is 222 g/mol. The molecule has 0 saturated carbocycles. The SMILES string of the molecule is CCNC(C)c1nnc(C2(C)CCCS2)o1. The summed E-state index contributed by atoms with van der Waals surface area (Å²) in [7, 11) is 0. The summed E-state index contributed by atoms with van der Waals surface area (Å²) in [6.45, 7) is 7.22. The molecule has 90 valence electrons. The number of hydrogen-bond donors (Lipinski definition) is 1. The zero-order chi connectivity index (χ0) is 11.6. The van der Waals surface area contributed by atoms with Crippen LogP contribution in [0.4, 0.5) is 0 Å². The summed E-state index contributed by atoms with van der Waals surface area (Å²) >= 11 is 1.92. The molecule has 4 nitrogen and oxygen atoms in total. The molecule has 1 N–H and O–H groups in total. The molecule has 2 rings (SSSR count). The summed E-state index contributed by atoms with van der Waals surface area (Å²) in [4.78, 5) is 0. The molecule has 0 bridgehead atoms. The van der Waals surface area contributed by atoms with Crippen LogP contribution in [-0.4, -0.2) is 22.5 Å². The van der Waals surface area contributed by atoms with Crippen molar-refractivity contribution < 1.29 is 4.42 Å². The van der Waals surface area contributed by atoms with Crippen LogP contribution in [0.15, 0.2) is 4.42 Å². The Hall–Kier alpha value is -0.550. The molecule has 0 aromatic carbocycles. The highest BCUT2D eigenvalue weighted by Gasteiger charge is 2.37. The molecule has 1 saturated heterocycles. The van der Waals surface area contributed by atoms with Gasteiger partial charge in [0.2, 0.25) is 11.8 Å². The van der Waals surface area contributed by atoms with Gasteiger partial charge in [0.15, 0.2) is 0 Å². The molecule has 1 aromatic heterocycles. The van der Waals surface area contributed by atoms with Gasteiger partial charge in [0, 0.05) is 0 Å². The molecule has 2 unspecified atom stereocenters. The Balaban J connectivity index is 2.12. The average molecular weight is 241 g/mol. The van der Waals surface area contributed by atoms with Crippen LogP contribution in [0.25, 0.3) is 0 Å². The van der Waals surface area contributed by atoms with Gasteiger partial charge in [0.1, 0.15) is 0 Å². The Kier molecular flexibility index (Phi) is 3.54. The van der Waals surface area contributed by atoms with Gasteiger partial charge in [-0.3, -0.25) is 0 Å². The maximum absolute atomic E-state index is 5.78. The van der Waals surface area contributed by atoms with E-state index in [1.807, 2.05) is 18.7 Å². The molecule has 5 heteroatoms. The lowest BCUT2D eigenvalue weighted by atomic mass is 10.1. The minimum absolute atomic E-state index is 0.0389. The number of aromatic nitrogens is 2. The molecule has 16 heavy (non-hydrogen) atoms. The van der Waals surface area contributed by atoms with Gasteiger partial charge in [-0.1, -0.05) is 6.92 Å². The van der Waals surface area contributed by atoms with Gasteiger partial charge < -0.3 is 9.73 Å². The number of nitrogens with zero attached hydrogens (tertiary/aromatic N) is 2. The van der Waals surface area contributed by atoms with Gasteiger partial charge in [0.05, 0.1) is 10.8 Å². The molecule has 2 heterocycles. The van der Waals surface area contributed by atoms with Crippen molar-refractivity contribution in [1.82, 2.24) is 15.5 Å². The lowest BCUT2D eigenvalue weighted by Crippen LogP contribution is -2.18. The first-order chi connectivity index (χ1) is 7.65. The Morgan fingerprint density at radius 1 is 1.56 bits per heavy atom. The molecule has 0 radical (unpaired) electrons.